The van der Waals surface area contributed by atoms with Gasteiger partial charge in [0.15, 0.2) is 0 Å². The van der Waals surface area contributed by atoms with Crippen LogP contribution in [0.2, 0.25) is 0 Å². The molecule has 0 bridgehead atoms. The lowest BCUT2D eigenvalue weighted by Gasteiger charge is -2.20. The first-order chi connectivity index (χ1) is 9.31. The minimum atomic E-state index is -0.434. The van der Waals surface area contributed by atoms with Gasteiger partial charge in [-0.3, -0.25) is 4.79 Å². The zero-order valence-corrected chi connectivity index (χ0v) is 12.8. The predicted octanol–water partition coefficient (Wildman–Crippen LogP) is 2.00. The summed E-state index contributed by atoms with van der Waals surface area (Å²) < 4.78 is 5.63. The van der Waals surface area contributed by atoms with Crippen molar-refractivity contribution in [2.24, 2.45) is 5.73 Å². The van der Waals surface area contributed by atoms with Gasteiger partial charge in [0.25, 0.3) is 0 Å². The van der Waals surface area contributed by atoms with Crippen molar-refractivity contribution in [2.45, 2.75) is 58.7 Å². The van der Waals surface area contributed by atoms with E-state index in [4.69, 9.17) is 10.5 Å². The summed E-state index contributed by atoms with van der Waals surface area (Å²) in [4.78, 5) is 15.9. The van der Waals surface area contributed by atoms with Crippen LogP contribution in [0, 0.1) is 0 Å². The fourth-order valence-electron chi connectivity index (χ4n) is 1.65. The van der Waals surface area contributed by atoms with Crippen molar-refractivity contribution in [3.8, 4) is 5.88 Å². The number of carbonyl (C=O) groups excluding carboxylic acids is 1. The molecular weight excluding hydrogens is 254 g/mol. The molecule has 0 saturated carbocycles. The highest BCUT2D eigenvalue weighted by Gasteiger charge is 2.13. The summed E-state index contributed by atoms with van der Waals surface area (Å²) in [6.45, 7) is 8.35. The lowest BCUT2D eigenvalue weighted by molar-refractivity contribution is -0.122. The summed E-state index contributed by atoms with van der Waals surface area (Å²) in [7, 11) is 0. The first-order valence-electron chi connectivity index (χ1n) is 6.99. The maximum Gasteiger partial charge on any atom is 0.237 e. The highest BCUT2D eigenvalue weighted by molar-refractivity contribution is 5.81. The van der Waals surface area contributed by atoms with Gasteiger partial charge in [0, 0.05) is 18.8 Å². The van der Waals surface area contributed by atoms with Gasteiger partial charge in [-0.25, -0.2) is 4.98 Å². The van der Waals surface area contributed by atoms with Gasteiger partial charge in [-0.1, -0.05) is 19.4 Å². The number of amides is 1. The second-order valence-corrected chi connectivity index (χ2v) is 5.83. The van der Waals surface area contributed by atoms with Crippen LogP contribution in [0.5, 0.6) is 5.88 Å². The summed E-state index contributed by atoms with van der Waals surface area (Å²) in [5.41, 5.74) is 6.39. The first-order valence-corrected chi connectivity index (χ1v) is 6.99. The molecule has 5 nitrogen and oxygen atoms in total. The molecular formula is C15H25N3O2. The summed E-state index contributed by atoms with van der Waals surface area (Å²) in [5.74, 6) is 0.456. The molecule has 0 radical (unpaired) electrons. The van der Waals surface area contributed by atoms with Gasteiger partial charge in [-0.15, -0.1) is 0 Å². The molecule has 1 rings (SSSR count). The summed E-state index contributed by atoms with van der Waals surface area (Å²) >= 11 is 0. The molecule has 0 saturated heterocycles. The molecule has 5 heteroatoms. The minimum Gasteiger partial charge on any atom is -0.472 e. The van der Waals surface area contributed by atoms with Gasteiger partial charge in [0.2, 0.25) is 11.8 Å². The lowest BCUT2D eigenvalue weighted by atomic mass is 10.1. The standard InChI is InChI=1S/C15H25N3O2/c1-5-6-12(16)14(19)18-10-11-7-8-13(17-9-11)20-15(2,3)4/h7-9,12H,5-6,10,16H2,1-4H3,(H,18,19). The molecule has 0 aliphatic rings. The number of rotatable bonds is 6. The number of nitrogens with one attached hydrogen (secondary N) is 1. The Morgan fingerprint density at radius 2 is 2.15 bits per heavy atom. The molecule has 1 aromatic rings. The zero-order valence-electron chi connectivity index (χ0n) is 12.8. The third-order valence-electron chi connectivity index (χ3n) is 2.61. The van der Waals surface area contributed by atoms with Crippen LogP contribution < -0.4 is 15.8 Å². The third kappa shape index (κ3) is 6.02. The lowest BCUT2D eigenvalue weighted by Crippen LogP contribution is -2.40. The van der Waals surface area contributed by atoms with Crippen molar-refractivity contribution in [3.05, 3.63) is 23.9 Å². The van der Waals surface area contributed by atoms with Gasteiger partial charge < -0.3 is 15.8 Å². The van der Waals surface area contributed by atoms with E-state index in [1.807, 2.05) is 33.8 Å². The summed E-state index contributed by atoms with van der Waals surface area (Å²) in [6.07, 6.45) is 3.30. The second-order valence-electron chi connectivity index (χ2n) is 5.83. The average Bonchev–Trinajstić information content (AvgIpc) is 2.36. The Kier molecular flexibility index (Phi) is 5.95. The number of carbonyl (C=O) groups is 1. The Labute approximate surface area is 120 Å². The number of hydrogen-bond acceptors (Lipinski definition) is 4. The number of nitrogens with two attached hydrogens (primary N) is 1. The monoisotopic (exact) mass is 279 g/mol. The number of pyridine rings is 1. The molecule has 0 aliphatic carbocycles. The van der Waals surface area contributed by atoms with Crippen LogP contribution in [-0.2, 0) is 11.3 Å². The van der Waals surface area contributed by atoms with E-state index in [1.165, 1.54) is 0 Å². The van der Waals surface area contributed by atoms with Crippen molar-refractivity contribution in [1.29, 1.82) is 0 Å². The molecule has 0 spiro atoms. The number of aromatic nitrogens is 1. The second kappa shape index (κ2) is 7.24. The number of hydrogen-bond donors (Lipinski definition) is 2. The summed E-state index contributed by atoms with van der Waals surface area (Å²) in [6, 6.07) is 3.26. The van der Waals surface area contributed by atoms with Crippen LogP contribution in [0.15, 0.2) is 18.3 Å². The molecule has 1 heterocycles. The predicted molar refractivity (Wildman–Crippen MR) is 79.3 cm³/mol. The van der Waals surface area contributed by atoms with E-state index in [9.17, 15) is 4.79 Å². The van der Waals surface area contributed by atoms with Crippen molar-refractivity contribution >= 4 is 5.91 Å². The molecule has 112 valence electrons. The Bertz CT molecular complexity index is 424. The topological polar surface area (TPSA) is 77.2 Å². The van der Waals surface area contributed by atoms with Crippen LogP contribution in [0.4, 0.5) is 0 Å². The molecule has 0 fully saturated rings. The first kappa shape index (κ1) is 16.4. The van der Waals surface area contributed by atoms with Crippen molar-refractivity contribution < 1.29 is 9.53 Å². The minimum absolute atomic E-state index is 0.123. The van der Waals surface area contributed by atoms with Gasteiger partial charge in [-0.05, 0) is 32.8 Å². The fourth-order valence-corrected chi connectivity index (χ4v) is 1.65. The Morgan fingerprint density at radius 1 is 1.45 bits per heavy atom. The van der Waals surface area contributed by atoms with Gasteiger partial charge in [0.05, 0.1) is 6.04 Å². The normalized spacial score (nSPS) is 12.8. The highest BCUT2D eigenvalue weighted by Crippen LogP contribution is 2.15. The maximum absolute atomic E-state index is 11.7. The van der Waals surface area contributed by atoms with Crippen LogP contribution in [0.1, 0.15) is 46.1 Å². The zero-order chi connectivity index (χ0) is 15.2. The van der Waals surface area contributed by atoms with Crippen LogP contribution in [0.25, 0.3) is 0 Å². The van der Waals surface area contributed by atoms with E-state index in [-0.39, 0.29) is 11.5 Å². The van der Waals surface area contributed by atoms with Gasteiger partial charge >= 0.3 is 0 Å². The molecule has 1 amide bonds. The highest BCUT2D eigenvalue weighted by atomic mass is 16.5. The van der Waals surface area contributed by atoms with Gasteiger partial charge in [0.1, 0.15) is 5.60 Å². The van der Waals surface area contributed by atoms with E-state index in [2.05, 4.69) is 10.3 Å². The third-order valence-corrected chi connectivity index (χ3v) is 2.61. The maximum atomic E-state index is 11.7. The quantitative estimate of drug-likeness (QED) is 0.835. The Morgan fingerprint density at radius 3 is 2.65 bits per heavy atom. The molecule has 3 N–H and O–H groups in total. The SMILES string of the molecule is CCCC(N)C(=O)NCc1ccc(OC(C)(C)C)nc1. The van der Waals surface area contributed by atoms with E-state index in [1.54, 1.807) is 12.3 Å². The van der Waals surface area contributed by atoms with Crippen molar-refractivity contribution in [2.75, 3.05) is 0 Å². The molecule has 1 atom stereocenters. The average molecular weight is 279 g/mol. The van der Waals surface area contributed by atoms with Crippen molar-refractivity contribution in [3.63, 3.8) is 0 Å². The molecule has 0 aliphatic heterocycles. The summed E-state index contributed by atoms with van der Waals surface area (Å²) in [5, 5.41) is 2.81. The molecule has 20 heavy (non-hydrogen) atoms. The Hall–Kier alpha value is -1.62. The molecule has 1 unspecified atom stereocenters. The van der Waals surface area contributed by atoms with E-state index in [0.29, 0.717) is 18.8 Å². The van der Waals surface area contributed by atoms with Crippen LogP contribution >= 0.6 is 0 Å². The number of ether oxygens (including phenoxy) is 1. The van der Waals surface area contributed by atoms with E-state index >= 15 is 0 Å². The van der Waals surface area contributed by atoms with Crippen LogP contribution in [-0.4, -0.2) is 22.5 Å². The van der Waals surface area contributed by atoms with Crippen molar-refractivity contribution in [1.82, 2.24) is 10.3 Å². The van der Waals surface area contributed by atoms with E-state index in [0.717, 1.165) is 12.0 Å². The number of nitrogens with zero attached hydrogens (tertiary/aromatic N) is 1. The van der Waals surface area contributed by atoms with Crippen LogP contribution in [0.3, 0.4) is 0 Å². The fraction of sp³-hybridized carbons (Fsp3) is 0.600. The Balaban J connectivity index is 2.48. The smallest absolute Gasteiger partial charge is 0.237 e. The van der Waals surface area contributed by atoms with Gasteiger partial charge in [-0.2, -0.15) is 0 Å². The molecule has 1 aromatic heterocycles. The molecule has 0 aromatic carbocycles. The van der Waals surface area contributed by atoms with E-state index < -0.39 is 6.04 Å². The largest absolute Gasteiger partial charge is 0.472 e.